The number of Topliss-reactive ketones (excluding diaryl/α,β-unsaturated/α-hetero) is 1. The lowest BCUT2D eigenvalue weighted by molar-refractivity contribution is -0.119. The minimum absolute atomic E-state index is 0.0184. The minimum Gasteiger partial charge on any atom is -0.300 e. The van der Waals surface area contributed by atoms with Crippen molar-refractivity contribution in [1.29, 1.82) is 0 Å². The highest BCUT2D eigenvalue weighted by Gasteiger charge is 2.73. The molecule has 0 saturated heterocycles. The van der Waals surface area contributed by atoms with Crippen LogP contribution >= 0.6 is 0 Å². The summed E-state index contributed by atoms with van der Waals surface area (Å²) in [5.74, 6) is 0.464. The van der Waals surface area contributed by atoms with Gasteiger partial charge >= 0.3 is 0 Å². The van der Waals surface area contributed by atoms with E-state index in [9.17, 15) is 4.79 Å². The number of benzene rings is 1. The van der Waals surface area contributed by atoms with Crippen LogP contribution in [0.15, 0.2) is 30.3 Å². The molecule has 16 heavy (non-hydrogen) atoms. The fraction of sp³-hybridized carbons (Fsp3) is 0.400. The molecule has 82 valence electrons. The average molecular weight is 212 g/mol. The van der Waals surface area contributed by atoms with Crippen LogP contribution in [0.25, 0.3) is 6.08 Å². The van der Waals surface area contributed by atoms with E-state index in [0.717, 1.165) is 0 Å². The molecule has 2 aliphatic carbocycles. The molecule has 0 N–H and O–H groups in total. The number of fused-ring (bicyclic) bond motifs is 2. The molecule has 0 amide bonds. The molecule has 2 atom stereocenters. The molecule has 0 heterocycles. The third kappa shape index (κ3) is 0.858. The summed E-state index contributed by atoms with van der Waals surface area (Å²) in [6, 6.07) is 8.42. The first-order valence-corrected chi connectivity index (χ1v) is 5.81. The van der Waals surface area contributed by atoms with Crippen molar-refractivity contribution in [2.24, 2.45) is 11.3 Å². The third-order valence-electron chi connectivity index (χ3n) is 4.50. The van der Waals surface area contributed by atoms with Crippen LogP contribution in [0.4, 0.5) is 0 Å². The molecular formula is C15H16O. The van der Waals surface area contributed by atoms with Gasteiger partial charge in [0.2, 0.25) is 0 Å². The summed E-state index contributed by atoms with van der Waals surface area (Å²) in [4.78, 5) is 11.8. The van der Waals surface area contributed by atoms with Crippen molar-refractivity contribution in [3.63, 3.8) is 0 Å². The van der Waals surface area contributed by atoms with Gasteiger partial charge in [-0.1, -0.05) is 50.3 Å². The average Bonchev–Trinajstić information content (AvgIpc) is 2.52. The topological polar surface area (TPSA) is 17.1 Å². The zero-order valence-electron chi connectivity index (χ0n) is 9.95. The Balaban J connectivity index is 2.18. The van der Waals surface area contributed by atoms with Crippen LogP contribution in [0.5, 0.6) is 0 Å². The van der Waals surface area contributed by atoms with Crippen molar-refractivity contribution < 1.29 is 4.79 Å². The lowest BCUT2D eigenvalue weighted by Crippen LogP contribution is -2.10. The highest BCUT2D eigenvalue weighted by atomic mass is 16.1. The third-order valence-corrected chi connectivity index (χ3v) is 4.50. The van der Waals surface area contributed by atoms with Crippen LogP contribution in [0.2, 0.25) is 0 Å². The molecule has 3 rings (SSSR count). The Bertz CT molecular complexity index is 510. The number of rotatable bonds is 1. The van der Waals surface area contributed by atoms with Gasteiger partial charge in [-0.3, -0.25) is 4.79 Å². The van der Waals surface area contributed by atoms with Crippen LogP contribution in [0.1, 0.15) is 31.9 Å². The molecule has 1 spiro atoms. The SMILES string of the molecule is CC(=O)C1C(C)(C)C12C=Cc1ccccc12. The maximum atomic E-state index is 11.8. The van der Waals surface area contributed by atoms with Crippen LogP contribution in [-0.2, 0) is 10.2 Å². The van der Waals surface area contributed by atoms with Gasteiger partial charge in [0.05, 0.1) is 0 Å². The molecule has 1 heteroatoms. The van der Waals surface area contributed by atoms with Crippen LogP contribution < -0.4 is 0 Å². The predicted molar refractivity (Wildman–Crippen MR) is 65.1 cm³/mol. The Morgan fingerprint density at radius 3 is 2.56 bits per heavy atom. The van der Waals surface area contributed by atoms with Gasteiger partial charge in [-0.05, 0) is 23.5 Å². The molecular weight excluding hydrogens is 196 g/mol. The van der Waals surface area contributed by atoms with E-state index in [-0.39, 0.29) is 16.7 Å². The maximum Gasteiger partial charge on any atom is 0.134 e. The molecule has 1 saturated carbocycles. The van der Waals surface area contributed by atoms with E-state index in [2.05, 4.69) is 50.3 Å². The molecule has 0 aromatic heterocycles. The van der Waals surface area contributed by atoms with E-state index in [1.807, 2.05) is 0 Å². The van der Waals surface area contributed by atoms with E-state index < -0.39 is 0 Å². The highest BCUT2D eigenvalue weighted by Crippen LogP contribution is 2.72. The molecule has 1 aromatic carbocycles. The standard InChI is InChI=1S/C15H16O/c1-10(16)13-14(2,3)15(13)9-8-11-6-4-5-7-12(11)15/h4-9,13H,1-3H3. The van der Waals surface area contributed by atoms with Crippen molar-refractivity contribution in [1.82, 2.24) is 0 Å². The fourth-order valence-electron chi connectivity index (χ4n) is 3.77. The van der Waals surface area contributed by atoms with Gasteiger partial charge < -0.3 is 0 Å². The summed E-state index contributed by atoms with van der Waals surface area (Å²) in [5.41, 5.74) is 2.66. The Kier molecular flexibility index (Phi) is 1.63. The van der Waals surface area contributed by atoms with Gasteiger partial charge in [0.25, 0.3) is 0 Å². The zero-order chi connectivity index (χ0) is 11.6. The number of ketones is 1. The molecule has 1 nitrogen and oxygen atoms in total. The van der Waals surface area contributed by atoms with Gasteiger partial charge in [0.1, 0.15) is 5.78 Å². The number of hydrogen-bond acceptors (Lipinski definition) is 1. The number of carbonyl (C=O) groups excluding carboxylic acids is 1. The maximum absolute atomic E-state index is 11.8. The first-order chi connectivity index (χ1) is 7.52. The molecule has 2 unspecified atom stereocenters. The summed E-state index contributed by atoms with van der Waals surface area (Å²) in [7, 11) is 0. The van der Waals surface area contributed by atoms with Gasteiger partial charge in [-0.15, -0.1) is 0 Å². The van der Waals surface area contributed by atoms with Crippen LogP contribution in [-0.4, -0.2) is 5.78 Å². The van der Waals surface area contributed by atoms with Gasteiger partial charge in [-0.25, -0.2) is 0 Å². The van der Waals surface area contributed by atoms with Crippen molar-refractivity contribution in [2.75, 3.05) is 0 Å². The largest absolute Gasteiger partial charge is 0.300 e. The number of hydrogen-bond donors (Lipinski definition) is 0. The Morgan fingerprint density at radius 1 is 1.25 bits per heavy atom. The van der Waals surface area contributed by atoms with Gasteiger partial charge in [-0.2, -0.15) is 0 Å². The Hall–Kier alpha value is -1.37. The molecule has 0 bridgehead atoms. The minimum atomic E-state index is -0.0184. The molecule has 2 aliphatic rings. The smallest absolute Gasteiger partial charge is 0.134 e. The van der Waals surface area contributed by atoms with E-state index >= 15 is 0 Å². The second kappa shape index (κ2) is 2.65. The predicted octanol–water partition coefficient (Wildman–Crippen LogP) is 3.20. The molecule has 0 aliphatic heterocycles. The lowest BCUT2D eigenvalue weighted by atomic mass is 9.89. The summed E-state index contributed by atoms with van der Waals surface area (Å²) in [6.07, 6.45) is 4.41. The normalized spacial score (nSPS) is 32.8. The molecule has 0 radical (unpaired) electrons. The van der Waals surface area contributed by atoms with Crippen molar-refractivity contribution in [2.45, 2.75) is 26.2 Å². The first-order valence-electron chi connectivity index (χ1n) is 5.81. The number of allylic oxidation sites excluding steroid dienone is 1. The first kappa shape index (κ1) is 9.83. The summed E-state index contributed by atoms with van der Waals surface area (Å²) < 4.78 is 0. The second-order valence-electron chi connectivity index (χ2n) is 5.55. The Labute approximate surface area is 96.2 Å². The molecule has 1 aromatic rings. The van der Waals surface area contributed by atoms with E-state index in [0.29, 0.717) is 5.78 Å². The number of carbonyl (C=O) groups is 1. The Morgan fingerprint density at radius 2 is 1.94 bits per heavy atom. The van der Waals surface area contributed by atoms with E-state index in [1.165, 1.54) is 11.1 Å². The van der Waals surface area contributed by atoms with Crippen molar-refractivity contribution in [3.8, 4) is 0 Å². The van der Waals surface area contributed by atoms with E-state index in [4.69, 9.17) is 0 Å². The molecule has 1 fully saturated rings. The second-order valence-corrected chi connectivity index (χ2v) is 5.55. The lowest BCUT2D eigenvalue weighted by Gasteiger charge is -2.13. The summed E-state index contributed by atoms with van der Waals surface area (Å²) in [6.45, 7) is 6.12. The quantitative estimate of drug-likeness (QED) is 0.698. The van der Waals surface area contributed by atoms with E-state index in [1.54, 1.807) is 6.92 Å². The zero-order valence-corrected chi connectivity index (χ0v) is 9.95. The monoisotopic (exact) mass is 212 g/mol. The van der Waals surface area contributed by atoms with Crippen LogP contribution in [0.3, 0.4) is 0 Å². The summed E-state index contributed by atoms with van der Waals surface area (Å²) in [5, 5.41) is 0. The van der Waals surface area contributed by atoms with Crippen LogP contribution in [0, 0.1) is 11.3 Å². The fourth-order valence-corrected chi connectivity index (χ4v) is 3.77. The van der Waals surface area contributed by atoms with Crippen molar-refractivity contribution >= 4 is 11.9 Å². The van der Waals surface area contributed by atoms with Crippen molar-refractivity contribution in [3.05, 3.63) is 41.5 Å². The highest BCUT2D eigenvalue weighted by molar-refractivity contribution is 5.90. The summed E-state index contributed by atoms with van der Waals surface area (Å²) >= 11 is 0. The van der Waals surface area contributed by atoms with Gasteiger partial charge in [0.15, 0.2) is 0 Å². The van der Waals surface area contributed by atoms with Gasteiger partial charge in [0, 0.05) is 11.3 Å².